The molecule has 6 aromatic carbocycles. The average Bonchev–Trinajstić information content (AvgIpc) is 3.42. The van der Waals surface area contributed by atoms with Gasteiger partial charge in [-0.2, -0.15) is 0 Å². The van der Waals surface area contributed by atoms with Crippen LogP contribution < -0.4 is 0 Å². The lowest BCUT2D eigenvalue weighted by atomic mass is 9.92. The number of nitrogens with zero attached hydrogens (tertiary/aromatic N) is 3. The molecular weight excluding hydrogens is 811 g/mol. The van der Waals surface area contributed by atoms with Crippen LogP contribution in [-0.4, -0.2) is 15.0 Å². The first-order valence-electron chi connectivity index (χ1n) is 27.5. The fourth-order valence-electron chi connectivity index (χ4n) is 9.21. The van der Waals surface area contributed by atoms with Gasteiger partial charge in [0, 0.05) is 46.2 Å². The van der Waals surface area contributed by atoms with Crippen LogP contribution in [0.3, 0.4) is 0 Å². The third-order valence-corrected chi connectivity index (χ3v) is 13.2. The highest BCUT2D eigenvalue weighted by Crippen LogP contribution is 2.31. The molecule has 17 heterocycles. The highest BCUT2D eigenvalue weighted by atomic mass is 14.7. The van der Waals surface area contributed by atoms with Crippen LogP contribution in [0.5, 0.6) is 0 Å². The van der Waals surface area contributed by atoms with Gasteiger partial charge in [0.1, 0.15) is 0 Å². The van der Waals surface area contributed by atoms with Gasteiger partial charge in [0.05, 0.1) is 17.1 Å². The molecule has 67 heavy (non-hydrogen) atoms. The van der Waals surface area contributed by atoms with E-state index in [1.54, 1.807) is 36.5 Å². The maximum Gasteiger partial charge on any atom is 0.0708 e. The summed E-state index contributed by atoms with van der Waals surface area (Å²) in [6.45, 7) is 2.03. The zero-order chi connectivity index (χ0) is 52.1. The first-order valence-corrected chi connectivity index (χ1v) is 23.5. The predicted molar refractivity (Wildman–Crippen MR) is 277 cm³/mol. The Hall–Kier alpha value is -7.23. The van der Waals surface area contributed by atoms with Gasteiger partial charge in [0.15, 0.2) is 0 Å². The van der Waals surface area contributed by atoms with Crippen molar-refractivity contribution in [2.75, 3.05) is 0 Å². The topological polar surface area (TPSA) is 38.7 Å². The zero-order valence-electron chi connectivity index (χ0n) is 45.8. The Bertz CT molecular complexity index is 3520. The van der Waals surface area contributed by atoms with Crippen molar-refractivity contribution in [3.8, 4) is 44.9 Å². The van der Waals surface area contributed by atoms with E-state index < -0.39 is 25.5 Å². The summed E-state index contributed by atoms with van der Waals surface area (Å²) in [7, 11) is 0. The van der Waals surface area contributed by atoms with Gasteiger partial charge in [0.25, 0.3) is 0 Å². The molecule has 3 nitrogen and oxygen atoms in total. The van der Waals surface area contributed by atoms with Crippen LogP contribution in [0.25, 0.3) is 44.9 Å². The molecule has 0 radical (unpaired) electrons. The van der Waals surface area contributed by atoms with Gasteiger partial charge in [-0.3, -0.25) is 15.0 Å². The molecule has 9 aromatic rings. The van der Waals surface area contributed by atoms with Crippen molar-refractivity contribution >= 4 is 0 Å². The highest BCUT2D eigenvalue weighted by molar-refractivity contribution is 5.73. The summed E-state index contributed by atoms with van der Waals surface area (Å²) >= 11 is 0. The summed E-state index contributed by atoms with van der Waals surface area (Å²) in [5.41, 5.74) is 16.2. The first-order chi connectivity index (χ1) is 36.0. The lowest BCUT2D eigenvalue weighted by Crippen LogP contribution is -2.02. The second-order valence-corrected chi connectivity index (χ2v) is 18.1. The van der Waals surface area contributed by atoms with E-state index in [1.807, 2.05) is 104 Å². The zero-order valence-corrected chi connectivity index (χ0v) is 37.8. The van der Waals surface area contributed by atoms with Crippen LogP contribution in [-0.2, 0) is 76.9 Å². The minimum absolute atomic E-state index is 0.0154. The molecule has 3 aromatic heterocycles. The standard InChI is InChI=1S/C64H57N3/c1-44-2-23-56(24-3-44)61-40-64-59-29-18-47(19-30-59)6-11-52-35-50-9-4-45-14-25-57(26-15-45)62-32-21-48(41-65-62)7-12-53-37-54(39-55(38-53)20-31-60(61)43-67-64)13-8-49-22-33-63(66-42-49)58-27-16-46(17-28-58)5-10-51(34-50)36-52/h2-3,14-19,21-30,32-43H,4-13,20,31H2,1H3/i6D2,9D2,11D2,20D2. The Morgan fingerprint density at radius 2 is 0.687 bits per heavy atom. The second kappa shape index (κ2) is 19.3. The minimum Gasteiger partial charge on any atom is -0.256 e. The van der Waals surface area contributed by atoms with Gasteiger partial charge in [0.2, 0.25) is 0 Å². The van der Waals surface area contributed by atoms with Gasteiger partial charge in [-0.25, -0.2) is 0 Å². The number of pyridine rings is 3. The van der Waals surface area contributed by atoms with Crippen LogP contribution in [0, 0.1) is 6.92 Å². The predicted octanol–water partition coefficient (Wildman–Crippen LogP) is 14.2. The first kappa shape index (κ1) is 34.1. The maximum absolute atomic E-state index is 9.82. The molecule has 0 amide bonds. The highest BCUT2D eigenvalue weighted by Gasteiger charge is 2.14. The molecule has 3 heteroatoms. The second-order valence-electron chi connectivity index (χ2n) is 18.1. The molecule has 0 unspecified atom stereocenters. The van der Waals surface area contributed by atoms with Crippen LogP contribution >= 0.6 is 0 Å². The molecule has 0 N–H and O–H groups in total. The van der Waals surface area contributed by atoms with Crippen molar-refractivity contribution in [1.29, 1.82) is 0 Å². The van der Waals surface area contributed by atoms with Gasteiger partial charge in [-0.1, -0.05) is 151 Å². The molecule has 0 fully saturated rings. The molecule has 18 bridgehead atoms. The summed E-state index contributed by atoms with van der Waals surface area (Å²) in [5, 5.41) is 0. The molecule has 0 saturated heterocycles. The average molecular weight is 876 g/mol. The van der Waals surface area contributed by atoms with Crippen molar-refractivity contribution in [2.24, 2.45) is 0 Å². The van der Waals surface area contributed by atoms with Gasteiger partial charge in [-0.15, -0.1) is 0 Å². The normalized spacial score (nSPS) is 18.7. The van der Waals surface area contributed by atoms with E-state index in [9.17, 15) is 11.0 Å². The number of rotatable bonds is 1. The van der Waals surface area contributed by atoms with Crippen LogP contribution in [0.1, 0.15) is 83.3 Å². The fraction of sp³-hybridized carbons (Fsp3) is 0.203. The molecule has 21 aliphatic rings. The number of hydrogen-bond donors (Lipinski definition) is 0. The lowest BCUT2D eigenvalue weighted by molar-refractivity contribution is 0.897. The number of aromatic nitrogens is 3. The minimum atomic E-state index is -2.59. The van der Waals surface area contributed by atoms with Crippen LogP contribution in [0.2, 0.25) is 0 Å². The van der Waals surface area contributed by atoms with Crippen molar-refractivity contribution in [2.45, 2.75) is 83.8 Å². The third-order valence-electron chi connectivity index (χ3n) is 13.2. The Morgan fingerprint density at radius 3 is 1.24 bits per heavy atom. The Labute approximate surface area is 408 Å². The summed E-state index contributed by atoms with van der Waals surface area (Å²) in [6, 6.07) is 52.4. The van der Waals surface area contributed by atoms with E-state index in [2.05, 4.69) is 42.5 Å². The molecule has 30 rings (SSSR count). The number of aryl methyl sites for hydroxylation is 13. The maximum atomic E-state index is 9.82. The van der Waals surface area contributed by atoms with Crippen molar-refractivity contribution in [3.05, 3.63) is 255 Å². The fourth-order valence-corrected chi connectivity index (χ4v) is 9.21. The van der Waals surface area contributed by atoms with Gasteiger partial charge in [-0.05, 0) is 180 Å². The molecule has 0 atom stereocenters. The largest absolute Gasteiger partial charge is 0.256 e. The van der Waals surface area contributed by atoms with Crippen molar-refractivity contribution < 1.29 is 11.0 Å². The lowest BCUT2D eigenvalue weighted by Gasteiger charge is -2.15. The van der Waals surface area contributed by atoms with E-state index >= 15 is 0 Å². The monoisotopic (exact) mass is 876 g/mol. The van der Waals surface area contributed by atoms with E-state index in [0.717, 1.165) is 84.6 Å². The number of benzene rings is 6. The third kappa shape index (κ3) is 10.3. The summed E-state index contributed by atoms with van der Waals surface area (Å²) < 4.78 is 77.0. The number of hydrogen-bond acceptors (Lipinski definition) is 3. The summed E-state index contributed by atoms with van der Waals surface area (Å²) in [4.78, 5) is 14.7. The smallest absolute Gasteiger partial charge is 0.0708 e. The molecule has 0 spiro atoms. The Kier molecular flexibility index (Phi) is 9.84. The van der Waals surface area contributed by atoms with Gasteiger partial charge < -0.3 is 0 Å². The quantitative estimate of drug-likeness (QED) is 0.165. The Morgan fingerprint density at radius 1 is 0.299 bits per heavy atom. The molecule has 328 valence electrons. The van der Waals surface area contributed by atoms with Crippen molar-refractivity contribution in [1.82, 2.24) is 15.0 Å². The molecular formula is C64H57N3. The van der Waals surface area contributed by atoms with Crippen molar-refractivity contribution in [3.63, 3.8) is 0 Å². The van der Waals surface area contributed by atoms with Gasteiger partial charge >= 0.3 is 0 Å². The Balaban J connectivity index is 1.09. The van der Waals surface area contributed by atoms with Crippen LogP contribution in [0.4, 0.5) is 0 Å². The van der Waals surface area contributed by atoms with E-state index in [1.165, 1.54) is 6.07 Å². The summed E-state index contributed by atoms with van der Waals surface area (Å²) in [5.74, 6) is 0. The van der Waals surface area contributed by atoms with E-state index in [-0.39, 0.29) is 29.5 Å². The molecule has 7 aliphatic carbocycles. The van der Waals surface area contributed by atoms with E-state index in [0.29, 0.717) is 54.5 Å². The summed E-state index contributed by atoms with van der Waals surface area (Å²) in [6.07, 6.45) is 0.679. The van der Waals surface area contributed by atoms with E-state index in [4.69, 9.17) is 15.0 Å². The molecule has 14 aliphatic heterocycles. The molecule has 0 saturated carbocycles. The SMILES string of the molecule is [2H]C1([2H])Cc2ccc(cc2)-c2ccc(cn2)CCc2cc3cc(c2)C([2H])([2H])Cc2cnc(cc2-c2ccc(C)cc2)-c2ccc(cc2)C([2H])([2H])C([2H])([2H])c2cc(cc1c2)CCc1ccc(cc1)-c1ccc(cn1)CC3. The van der Waals surface area contributed by atoms with Crippen LogP contribution in [0.15, 0.2) is 182 Å².